The molecule has 1 fully saturated rings. The largest absolute Gasteiger partial charge is 0.372 e. The zero-order valence-electron chi connectivity index (χ0n) is 14.2. The van der Waals surface area contributed by atoms with E-state index in [1.54, 1.807) is 0 Å². The second-order valence-corrected chi connectivity index (χ2v) is 6.97. The van der Waals surface area contributed by atoms with Crippen molar-refractivity contribution in [2.24, 2.45) is 7.05 Å². The standard InChI is InChI=1S/C19H21ClN4O/c1-24-12-21-11-17(24)18-9-16(4-6-25-18)23-10-14-8-15(20)7-13-3-2-5-22-19(13)14/h2-3,5,7-8,11-12,16,18,23H,4,6,9-10H2,1H3. The van der Waals surface area contributed by atoms with Crippen LogP contribution in [0.4, 0.5) is 0 Å². The molecular formula is C19H21ClN4O. The monoisotopic (exact) mass is 356 g/mol. The van der Waals surface area contributed by atoms with E-state index >= 15 is 0 Å². The molecule has 5 nitrogen and oxygen atoms in total. The molecule has 25 heavy (non-hydrogen) atoms. The first-order valence-corrected chi connectivity index (χ1v) is 8.93. The SMILES string of the molecule is Cn1cncc1C1CC(NCc2cc(Cl)cc3cccnc23)CCO1. The second-order valence-electron chi connectivity index (χ2n) is 6.53. The molecule has 1 aliphatic heterocycles. The minimum Gasteiger partial charge on any atom is -0.372 e. The summed E-state index contributed by atoms with van der Waals surface area (Å²) in [5, 5.41) is 5.48. The first kappa shape index (κ1) is 16.5. The molecule has 3 aromatic rings. The molecule has 1 saturated heterocycles. The first-order valence-electron chi connectivity index (χ1n) is 8.55. The number of pyridine rings is 1. The van der Waals surface area contributed by atoms with E-state index in [0.717, 1.165) is 53.2 Å². The minimum absolute atomic E-state index is 0.0907. The highest BCUT2D eigenvalue weighted by molar-refractivity contribution is 6.31. The number of imidazole rings is 1. The predicted molar refractivity (Wildman–Crippen MR) is 98.5 cm³/mol. The topological polar surface area (TPSA) is 52.0 Å². The Hall–Kier alpha value is -1.95. The Labute approximate surface area is 152 Å². The van der Waals surface area contributed by atoms with Crippen LogP contribution in [0.25, 0.3) is 10.9 Å². The molecule has 1 N–H and O–H groups in total. The maximum atomic E-state index is 6.27. The van der Waals surface area contributed by atoms with Gasteiger partial charge in [-0.15, -0.1) is 0 Å². The summed E-state index contributed by atoms with van der Waals surface area (Å²) < 4.78 is 7.97. The fourth-order valence-electron chi connectivity index (χ4n) is 3.48. The van der Waals surface area contributed by atoms with Crippen LogP contribution in [0.3, 0.4) is 0 Å². The van der Waals surface area contributed by atoms with Crippen LogP contribution in [0.5, 0.6) is 0 Å². The van der Waals surface area contributed by atoms with E-state index in [2.05, 4.69) is 15.3 Å². The molecule has 6 heteroatoms. The Balaban J connectivity index is 1.47. The van der Waals surface area contributed by atoms with Crippen molar-refractivity contribution < 1.29 is 4.74 Å². The van der Waals surface area contributed by atoms with Gasteiger partial charge < -0.3 is 14.6 Å². The molecule has 0 spiro atoms. The Morgan fingerprint density at radius 2 is 2.32 bits per heavy atom. The van der Waals surface area contributed by atoms with Crippen LogP contribution in [-0.2, 0) is 18.3 Å². The van der Waals surface area contributed by atoms with Crippen molar-refractivity contribution in [3.63, 3.8) is 0 Å². The molecule has 0 saturated carbocycles. The van der Waals surface area contributed by atoms with E-state index in [0.29, 0.717) is 6.04 Å². The van der Waals surface area contributed by atoms with Crippen LogP contribution in [0.1, 0.15) is 30.2 Å². The highest BCUT2D eigenvalue weighted by Crippen LogP contribution is 2.28. The van der Waals surface area contributed by atoms with E-state index in [1.165, 1.54) is 0 Å². The summed E-state index contributed by atoms with van der Waals surface area (Å²) in [4.78, 5) is 8.72. The zero-order chi connectivity index (χ0) is 17.2. The van der Waals surface area contributed by atoms with Crippen LogP contribution in [0, 0.1) is 0 Å². The number of rotatable bonds is 4. The van der Waals surface area contributed by atoms with Crippen molar-refractivity contribution in [1.29, 1.82) is 0 Å². The molecule has 0 amide bonds. The van der Waals surface area contributed by atoms with Crippen molar-refractivity contribution in [2.75, 3.05) is 6.61 Å². The summed E-state index contributed by atoms with van der Waals surface area (Å²) in [5.74, 6) is 0. The van der Waals surface area contributed by atoms with E-state index in [9.17, 15) is 0 Å². The summed E-state index contributed by atoms with van der Waals surface area (Å²) >= 11 is 6.27. The van der Waals surface area contributed by atoms with Gasteiger partial charge in [-0.05, 0) is 36.6 Å². The predicted octanol–water partition coefficient (Wildman–Crippen LogP) is 3.63. The van der Waals surface area contributed by atoms with Gasteiger partial charge in [0, 0.05) is 42.8 Å². The first-order chi connectivity index (χ1) is 12.2. The third-order valence-corrected chi connectivity index (χ3v) is 5.02. The van der Waals surface area contributed by atoms with Crippen LogP contribution in [0.15, 0.2) is 43.0 Å². The van der Waals surface area contributed by atoms with Gasteiger partial charge in [-0.1, -0.05) is 17.7 Å². The molecule has 2 aromatic heterocycles. The van der Waals surface area contributed by atoms with Gasteiger partial charge in [0.25, 0.3) is 0 Å². The normalized spacial score (nSPS) is 20.9. The summed E-state index contributed by atoms with van der Waals surface area (Å²) in [6.45, 7) is 1.50. The van der Waals surface area contributed by atoms with Gasteiger partial charge in [-0.3, -0.25) is 4.98 Å². The van der Waals surface area contributed by atoms with Crippen LogP contribution in [-0.4, -0.2) is 27.2 Å². The summed E-state index contributed by atoms with van der Waals surface area (Å²) in [7, 11) is 2.01. The third kappa shape index (κ3) is 3.54. The van der Waals surface area contributed by atoms with Crippen LogP contribution in [0.2, 0.25) is 5.02 Å². The lowest BCUT2D eigenvalue weighted by atomic mass is 10.0. The molecule has 0 radical (unpaired) electrons. The van der Waals surface area contributed by atoms with E-state index in [-0.39, 0.29) is 6.10 Å². The van der Waals surface area contributed by atoms with Crippen molar-refractivity contribution >= 4 is 22.5 Å². The number of hydrogen-bond acceptors (Lipinski definition) is 4. The van der Waals surface area contributed by atoms with Crippen LogP contribution >= 0.6 is 11.6 Å². The molecule has 2 unspecified atom stereocenters. The lowest BCUT2D eigenvalue weighted by Crippen LogP contribution is -2.36. The number of halogens is 1. The van der Waals surface area contributed by atoms with Gasteiger partial charge >= 0.3 is 0 Å². The lowest BCUT2D eigenvalue weighted by molar-refractivity contribution is -0.00402. The second kappa shape index (κ2) is 7.12. The molecule has 0 aliphatic carbocycles. The van der Waals surface area contributed by atoms with Gasteiger partial charge in [0.2, 0.25) is 0 Å². The van der Waals surface area contributed by atoms with E-state index < -0.39 is 0 Å². The van der Waals surface area contributed by atoms with Gasteiger partial charge in [-0.25, -0.2) is 4.98 Å². The number of aryl methyl sites for hydroxylation is 1. The average molecular weight is 357 g/mol. The van der Waals surface area contributed by atoms with Gasteiger partial charge in [0.15, 0.2) is 0 Å². The maximum absolute atomic E-state index is 6.27. The van der Waals surface area contributed by atoms with Gasteiger partial charge in [0.1, 0.15) is 6.10 Å². The number of hydrogen-bond donors (Lipinski definition) is 1. The van der Waals surface area contributed by atoms with Crippen molar-refractivity contribution in [3.8, 4) is 0 Å². The Kier molecular flexibility index (Phi) is 4.70. The molecule has 2 atom stereocenters. The average Bonchev–Trinajstić information content (AvgIpc) is 3.06. The van der Waals surface area contributed by atoms with Crippen molar-refractivity contribution in [2.45, 2.75) is 31.5 Å². The number of fused-ring (bicyclic) bond motifs is 1. The highest BCUT2D eigenvalue weighted by atomic mass is 35.5. The Morgan fingerprint density at radius 3 is 3.16 bits per heavy atom. The van der Waals surface area contributed by atoms with Crippen molar-refractivity contribution in [1.82, 2.24) is 19.9 Å². The molecule has 1 aromatic carbocycles. The Bertz CT molecular complexity index is 879. The fraction of sp³-hybridized carbons (Fsp3) is 0.368. The Morgan fingerprint density at radius 1 is 1.40 bits per heavy atom. The number of aromatic nitrogens is 3. The summed E-state index contributed by atoms with van der Waals surface area (Å²) in [5.41, 5.74) is 3.27. The summed E-state index contributed by atoms with van der Waals surface area (Å²) in [6.07, 6.45) is 7.56. The zero-order valence-corrected chi connectivity index (χ0v) is 14.9. The molecular weight excluding hydrogens is 336 g/mol. The highest BCUT2D eigenvalue weighted by Gasteiger charge is 2.25. The minimum atomic E-state index is 0.0907. The molecule has 3 heterocycles. The number of nitrogens with zero attached hydrogens (tertiary/aromatic N) is 3. The van der Waals surface area contributed by atoms with E-state index in [1.807, 2.05) is 54.6 Å². The molecule has 0 bridgehead atoms. The molecule has 4 rings (SSSR count). The quantitative estimate of drug-likeness (QED) is 0.775. The smallest absolute Gasteiger partial charge is 0.100 e. The molecule has 130 valence electrons. The van der Waals surface area contributed by atoms with Crippen LogP contribution < -0.4 is 5.32 Å². The number of ether oxygens (including phenoxy) is 1. The number of benzene rings is 1. The maximum Gasteiger partial charge on any atom is 0.100 e. The van der Waals surface area contributed by atoms with Gasteiger partial charge in [0.05, 0.1) is 23.7 Å². The summed E-state index contributed by atoms with van der Waals surface area (Å²) in [6, 6.07) is 8.34. The van der Waals surface area contributed by atoms with E-state index in [4.69, 9.17) is 16.3 Å². The third-order valence-electron chi connectivity index (χ3n) is 4.80. The molecule has 1 aliphatic rings. The van der Waals surface area contributed by atoms with Gasteiger partial charge in [-0.2, -0.15) is 0 Å². The lowest BCUT2D eigenvalue weighted by Gasteiger charge is -2.30. The number of nitrogens with one attached hydrogen (secondary N) is 1. The fourth-order valence-corrected chi connectivity index (χ4v) is 3.73. The van der Waals surface area contributed by atoms with Crippen molar-refractivity contribution in [3.05, 3.63) is 59.3 Å².